The highest BCUT2D eigenvalue weighted by atomic mass is 35.5. The fourth-order valence-electron chi connectivity index (χ4n) is 2.28. The third kappa shape index (κ3) is 4.54. The van der Waals surface area contributed by atoms with E-state index >= 15 is 0 Å². The van der Waals surface area contributed by atoms with Gasteiger partial charge in [-0.3, -0.25) is 4.79 Å². The largest absolute Gasteiger partial charge is 0.496 e. The molecule has 1 amide bonds. The molecule has 1 heterocycles. The second-order valence-electron chi connectivity index (χ2n) is 5.60. The summed E-state index contributed by atoms with van der Waals surface area (Å²) in [6, 6.07) is 12.3. The molecule has 0 bridgehead atoms. The molecule has 0 aliphatic heterocycles. The Bertz CT molecular complexity index is 946. The SMILES string of the molecule is COc1ccc(C)cc1C(=O)N(N)c1nnc(COc2ccc(Cl)cc2)s1. The lowest BCUT2D eigenvalue weighted by Crippen LogP contribution is -2.37. The highest BCUT2D eigenvalue weighted by molar-refractivity contribution is 7.15. The number of halogens is 1. The topological polar surface area (TPSA) is 90.6 Å². The van der Waals surface area contributed by atoms with Crippen LogP contribution in [0.25, 0.3) is 0 Å². The maximum Gasteiger partial charge on any atom is 0.278 e. The summed E-state index contributed by atoms with van der Waals surface area (Å²) in [5.74, 6) is 6.62. The number of ether oxygens (including phenoxy) is 2. The van der Waals surface area contributed by atoms with Crippen LogP contribution in [-0.4, -0.2) is 23.2 Å². The van der Waals surface area contributed by atoms with Crippen molar-refractivity contribution in [2.24, 2.45) is 5.84 Å². The molecule has 0 fully saturated rings. The van der Waals surface area contributed by atoms with Gasteiger partial charge in [0, 0.05) is 5.02 Å². The molecule has 140 valence electrons. The van der Waals surface area contributed by atoms with Crippen molar-refractivity contribution in [2.45, 2.75) is 13.5 Å². The highest BCUT2D eigenvalue weighted by Gasteiger charge is 2.22. The molecule has 0 unspecified atom stereocenters. The molecule has 0 aliphatic carbocycles. The number of amides is 1. The molecule has 9 heteroatoms. The van der Waals surface area contributed by atoms with E-state index in [1.807, 2.05) is 13.0 Å². The molecule has 0 radical (unpaired) electrons. The summed E-state index contributed by atoms with van der Waals surface area (Å²) in [6.07, 6.45) is 0. The minimum absolute atomic E-state index is 0.203. The predicted octanol–water partition coefficient (Wildman–Crippen LogP) is 3.61. The number of hydrogen-bond acceptors (Lipinski definition) is 7. The number of carbonyl (C=O) groups is 1. The predicted molar refractivity (Wildman–Crippen MR) is 104 cm³/mol. The summed E-state index contributed by atoms with van der Waals surface area (Å²) in [5.41, 5.74) is 1.27. The Labute approximate surface area is 165 Å². The second-order valence-corrected chi connectivity index (χ2v) is 7.08. The maximum atomic E-state index is 12.7. The summed E-state index contributed by atoms with van der Waals surface area (Å²) in [4.78, 5) is 12.7. The van der Waals surface area contributed by atoms with E-state index in [2.05, 4.69) is 10.2 Å². The van der Waals surface area contributed by atoms with Gasteiger partial charge >= 0.3 is 0 Å². The van der Waals surface area contributed by atoms with Gasteiger partial charge in [-0.15, -0.1) is 10.2 Å². The Kier molecular flexibility index (Phi) is 5.90. The lowest BCUT2D eigenvalue weighted by atomic mass is 10.1. The van der Waals surface area contributed by atoms with Gasteiger partial charge in [0.2, 0.25) is 5.13 Å². The van der Waals surface area contributed by atoms with Crippen molar-refractivity contribution in [3.05, 3.63) is 63.6 Å². The van der Waals surface area contributed by atoms with E-state index < -0.39 is 5.91 Å². The molecule has 0 spiro atoms. The molecule has 3 aromatic rings. The lowest BCUT2D eigenvalue weighted by Gasteiger charge is -2.15. The van der Waals surface area contributed by atoms with Crippen LogP contribution in [0.1, 0.15) is 20.9 Å². The van der Waals surface area contributed by atoms with Crippen molar-refractivity contribution in [3.63, 3.8) is 0 Å². The van der Waals surface area contributed by atoms with Gasteiger partial charge in [-0.1, -0.05) is 34.6 Å². The van der Waals surface area contributed by atoms with Crippen molar-refractivity contribution >= 4 is 34.0 Å². The zero-order valence-electron chi connectivity index (χ0n) is 14.7. The van der Waals surface area contributed by atoms with Crippen molar-refractivity contribution < 1.29 is 14.3 Å². The molecule has 0 saturated heterocycles. The lowest BCUT2D eigenvalue weighted by molar-refractivity contribution is 0.0983. The number of hydrogen-bond donors (Lipinski definition) is 1. The summed E-state index contributed by atoms with van der Waals surface area (Å²) in [7, 11) is 1.50. The monoisotopic (exact) mass is 404 g/mol. The van der Waals surface area contributed by atoms with Crippen LogP contribution in [0.2, 0.25) is 5.02 Å². The van der Waals surface area contributed by atoms with Crippen LogP contribution in [0.5, 0.6) is 11.5 Å². The molecule has 2 N–H and O–H groups in total. The van der Waals surface area contributed by atoms with Crippen LogP contribution in [0.15, 0.2) is 42.5 Å². The summed E-state index contributed by atoms with van der Waals surface area (Å²) in [5, 5.41) is 10.4. The van der Waals surface area contributed by atoms with Crippen LogP contribution >= 0.6 is 22.9 Å². The third-order valence-corrected chi connectivity index (χ3v) is 4.79. The molecule has 1 aromatic heterocycles. The fourth-order valence-corrected chi connectivity index (χ4v) is 3.08. The summed E-state index contributed by atoms with van der Waals surface area (Å²) >= 11 is 7.01. The number of rotatable bonds is 6. The number of hydrazine groups is 1. The van der Waals surface area contributed by atoms with Gasteiger partial charge in [-0.2, -0.15) is 0 Å². The first kappa shape index (κ1) is 19.1. The van der Waals surface area contributed by atoms with Gasteiger partial charge in [0.05, 0.1) is 12.7 Å². The Hall–Kier alpha value is -2.68. The van der Waals surface area contributed by atoms with Gasteiger partial charge in [0.25, 0.3) is 5.91 Å². The number of nitrogens with two attached hydrogens (primary N) is 1. The fraction of sp³-hybridized carbons (Fsp3) is 0.167. The Morgan fingerprint density at radius 3 is 2.67 bits per heavy atom. The van der Waals surface area contributed by atoms with Gasteiger partial charge < -0.3 is 9.47 Å². The van der Waals surface area contributed by atoms with Gasteiger partial charge in [0.15, 0.2) is 5.01 Å². The molecular formula is C18H17ClN4O3S. The zero-order chi connectivity index (χ0) is 19.4. The molecule has 3 rings (SSSR count). The number of aryl methyl sites for hydroxylation is 1. The third-order valence-electron chi connectivity index (χ3n) is 3.64. The van der Waals surface area contributed by atoms with E-state index in [4.69, 9.17) is 26.9 Å². The van der Waals surface area contributed by atoms with Gasteiger partial charge in [-0.25, -0.2) is 10.9 Å². The van der Waals surface area contributed by atoms with E-state index in [0.29, 0.717) is 27.1 Å². The quantitative estimate of drug-likeness (QED) is 0.383. The Balaban J connectivity index is 1.71. The average Bonchev–Trinajstić information content (AvgIpc) is 3.15. The van der Waals surface area contributed by atoms with Crippen LogP contribution in [0.4, 0.5) is 5.13 Å². The number of benzene rings is 2. The highest BCUT2D eigenvalue weighted by Crippen LogP contribution is 2.25. The molecule has 0 saturated carbocycles. The maximum absolute atomic E-state index is 12.7. The molecule has 0 atom stereocenters. The molecular weight excluding hydrogens is 388 g/mol. The van der Waals surface area contributed by atoms with Crippen molar-refractivity contribution in [2.75, 3.05) is 12.1 Å². The first-order valence-electron chi connectivity index (χ1n) is 7.92. The van der Waals surface area contributed by atoms with Crippen LogP contribution in [0, 0.1) is 6.92 Å². The molecule has 2 aromatic carbocycles. The van der Waals surface area contributed by atoms with Crippen molar-refractivity contribution in [3.8, 4) is 11.5 Å². The Morgan fingerprint density at radius 2 is 1.96 bits per heavy atom. The van der Waals surface area contributed by atoms with Crippen LogP contribution in [0.3, 0.4) is 0 Å². The van der Waals surface area contributed by atoms with Gasteiger partial charge in [-0.05, 0) is 43.3 Å². The van der Waals surface area contributed by atoms with Crippen molar-refractivity contribution in [1.82, 2.24) is 10.2 Å². The summed E-state index contributed by atoms with van der Waals surface area (Å²) in [6.45, 7) is 2.09. The van der Waals surface area contributed by atoms with Crippen LogP contribution < -0.4 is 20.3 Å². The number of nitrogens with zero attached hydrogens (tertiary/aromatic N) is 3. The number of aromatic nitrogens is 2. The van der Waals surface area contributed by atoms with E-state index in [0.717, 1.165) is 10.6 Å². The second kappa shape index (κ2) is 8.34. The standard InChI is InChI=1S/C18H17ClN4O3S/c1-11-3-8-15(25-2)14(9-11)17(24)23(20)18-22-21-16(27-18)10-26-13-6-4-12(19)5-7-13/h3-9H,10,20H2,1-2H3. The van der Waals surface area contributed by atoms with Gasteiger partial charge in [0.1, 0.15) is 18.1 Å². The number of carbonyl (C=O) groups excluding carboxylic acids is 1. The normalized spacial score (nSPS) is 10.5. The molecule has 27 heavy (non-hydrogen) atoms. The number of methoxy groups -OCH3 is 1. The number of anilines is 1. The first-order chi connectivity index (χ1) is 13.0. The smallest absolute Gasteiger partial charge is 0.278 e. The van der Waals surface area contributed by atoms with E-state index in [1.54, 1.807) is 36.4 Å². The first-order valence-corrected chi connectivity index (χ1v) is 9.12. The minimum Gasteiger partial charge on any atom is -0.496 e. The molecule has 0 aliphatic rings. The van der Waals surface area contributed by atoms with Crippen molar-refractivity contribution in [1.29, 1.82) is 0 Å². The van der Waals surface area contributed by atoms with Crippen LogP contribution in [-0.2, 0) is 6.61 Å². The zero-order valence-corrected chi connectivity index (χ0v) is 16.3. The molecule has 7 nitrogen and oxygen atoms in total. The van der Waals surface area contributed by atoms with E-state index in [-0.39, 0.29) is 11.7 Å². The average molecular weight is 405 g/mol. The Morgan fingerprint density at radius 1 is 1.22 bits per heavy atom. The minimum atomic E-state index is -0.433. The van der Waals surface area contributed by atoms with E-state index in [1.165, 1.54) is 18.4 Å². The van der Waals surface area contributed by atoms with E-state index in [9.17, 15) is 4.79 Å². The summed E-state index contributed by atoms with van der Waals surface area (Å²) < 4.78 is 10.9.